The van der Waals surface area contributed by atoms with Crippen molar-refractivity contribution in [2.45, 2.75) is 0 Å². The topological polar surface area (TPSA) is 85.7 Å². The number of anilines is 2. The number of nitrogens with zero attached hydrogens (tertiary/aromatic N) is 1. The molecule has 0 heterocycles. The van der Waals surface area contributed by atoms with Crippen molar-refractivity contribution in [2.75, 3.05) is 24.9 Å². The number of methoxy groups -OCH3 is 2. The molecule has 2 rings (SSSR count). The Morgan fingerprint density at radius 1 is 1.17 bits per heavy atom. The highest BCUT2D eigenvalue weighted by Gasteiger charge is 2.12. The molecule has 0 amide bonds. The zero-order chi connectivity index (χ0) is 17.7. The van der Waals surface area contributed by atoms with Crippen LogP contribution >= 0.6 is 23.8 Å². The molecule has 24 heavy (non-hydrogen) atoms. The first-order chi connectivity index (χ1) is 11.4. The van der Waals surface area contributed by atoms with Gasteiger partial charge in [0.15, 0.2) is 5.11 Å². The molecule has 0 aromatic heterocycles. The fraction of sp³-hybridized carbons (Fsp3) is 0.133. The standard InChI is InChI=1S/C15H14ClN3O4S/c1-22-13-8-12(14(23-2)7-11(13)16)18-15(24)17-9-4-3-5-10(6-9)19(20)21/h3-8H,1-2H3,(H2,17,18,24). The van der Waals surface area contributed by atoms with Gasteiger partial charge in [-0.25, -0.2) is 0 Å². The van der Waals surface area contributed by atoms with Crippen LogP contribution in [0.3, 0.4) is 0 Å². The lowest BCUT2D eigenvalue weighted by molar-refractivity contribution is -0.384. The van der Waals surface area contributed by atoms with Crippen LogP contribution in [0.4, 0.5) is 17.1 Å². The molecule has 2 N–H and O–H groups in total. The number of non-ortho nitro benzene ring substituents is 1. The number of nitro benzene ring substituents is 1. The summed E-state index contributed by atoms with van der Waals surface area (Å²) in [7, 11) is 3.00. The summed E-state index contributed by atoms with van der Waals surface area (Å²) in [5, 5.41) is 17.3. The number of ether oxygens (including phenoxy) is 2. The van der Waals surface area contributed by atoms with Gasteiger partial charge in [0.2, 0.25) is 0 Å². The molecule has 9 heteroatoms. The van der Waals surface area contributed by atoms with E-state index in [4.69, 9.17) is 33.3 Å². The van der Waals surface area contributed by atoms with Gasteiger partial charge in [0.1, 0.15) is 11.5 Å². The number of rotatable bonds is 5. The van der Waals surface area contributed by atoms with Crippen LogP contribution in [-0.4, -0.2) is 24.3 Å². The number of halogens is 1. The molecule has 0 aliphatic rings. The Hall–Kier alpha value is -2.58. The second-order valence-corrected chi connectivity index (χ2v) is 5.39. The first kappa shape index (κ1) is 17.8. The fourth-order valence-corrected chi connectivity index (χ4v) is 2.40. The van der Waals surface area contributed by atoms with Crippen LogP contribution in [-0.2, 0) is 0 Å². The molecule has 126 valence electrons. The zero-order valence-electron chi connectivity index (χ0n) is 12.8. The summed E-state index contributed by atoms with van der Waals surface area (Å²) >= 11 is 11.3. The van der Waals surface area contributed by atoms with Gasteiger partial charge in [-0.15, -0.1) is 0 Å². The molecule has 0 spiro atoms. The molecule has 2 aromatic carbocycles. The van der Waals surface area contributed by atoms with E-state index in [0.717, 1.165) is 0 Å². The highest BCUT2D eigenvalue weighted by Crippen LogP contribution is 2.35. The highest BCUT2D eigenvalue weighted by atomic mass is 35.5. The number of nitrogens with one attached hydrogen (secondary N) is 2. The summed E-state index contributed by atoms with van der Waals surface area (Å²) in [6.45, 7) is 0. The van der Waals surface area contributed by atoms with Crippen LogP contribution in [0.1, 0.15) is 0 Å². The minimum absolute atomic E-state index is 0.0338. The highest BCUT2D eigenvalue weighted by molar-refractivity contribution is 7.80. The first-order valence-electron chi connectivity index (χ1n) is 6.68. The van der Waals surface area contributed by atoms with Crippen LogP contribution in [0.2, 0.25) is 5.02 Å². The Labute approximate surface area is 148 Å². The molecule has 0 aliphatic heterocycles. The van der Waals surface area contributed by atoms with Crippen molar-refractivity contribution in [3.8, 4) is 11.5 Å². The van der Waals surface area contributed by atoms with E-state index in [1.807, 2.05) is 0 Å². The minimum Gasteiger partial charge on any atom is -0.495 e. The summed E-state index contributed by atoms with van der Waals surface area (Å²) in [5.41, 5.74) is 0.997. The molecule has 0 fully saturated rings. The average Bonchev–Trinajstić information content (AvgIpc) is 2.56. The largest absolute Gasteiger partial charge is 0.495 e. The van der Waals surface area contributed by atoms with Gasteiger partial charge in [0.05, 0.1) is 29.9 Å². The van der Waals surface area contributed by atoms with Crippen molar-refractivity contribution in [1.29, 1.82) is 0 Å². The maximum absolute atomic E-state index is 10.8. The SMILES string of the molecule is COc1cc(NC(=S)Nc2cccc([N+](=O)[O-])c2)c(OC)cc1Cl. The normalized spacial score (nSPS) is 9.96. The van der Waals surface area contributed by atoms with Gasteiger partial charge < -0.3 is 20.1 Å². The lowest BCUT2D eigenvalue weighted by atomic mass is 10.2. The second kappa shape index (κ2) is 7.80. The molecule has 0 saturated heterocycles. The Balaban J connectivity index is 2.18. The Morgan fingerprint density at radius 3 is 2.50 bits per heavy atom. The lowest BCUT2D eigenvalue weighted by Gasteiger charge is -2.15. The summed E-state index contributed by atoms with van der Waals surface area (Å²) in [4.78, 5) is 10.3. The van der Waals surface area contributed by atoms with Crippen molar-refractivity contribution in [2.24, 2.45) is 0 Å². The third-order valence-electron chi connectivity index (χ3n) is 3.04. The smallest absolute Gasteiger partial charge is 0.271 e. The maximum Gasteiger partial charge on any atom is 0.271 e. The van der Waals surface area contributed by atoms with Crippen molar-refractivity contribution in [3.63, 3.8) is 0 Å². The molecule has 0 radical (unpaired) electrons. The van der Waals surface area contributed by atoms with E-state index in [1.54, 1.807) is 24.3 Å². The van der Waals surface area contributed by atoms with E-state index in [-0.39, 0.29) is 10.8 Å². The molecule has 7 nitrogen and oxygen atoms in total. The molecule has 0 aliphatic carbocycles. The zero-order valence-corrected chi connectivity index (χ0v) is 14.4. The monoisotopic (exact) mass is 367 g/mol. The first-order valence-corrected chi connectivity index (χ1v) is 7.47. The van der Waals surface area contributed by atoms with E-state index in [0.29, 0.717) is 27.9 Å². The van der Waals surface area contributed by atoms with E-state index in [1.165, 1.54) is 26.4 Å². The molecular formula is C15H14ClN3O4S. The second-order valence-electron chi connectivity index (χ2n) is 4.57. The summed E-state index contributed by atoms with van der Waals surface area (Å²) in [6, 6.07) is 9.25. The summed E-state index contributed by atoms with van der Waals surface area (Å²) in [6.07, 6.45) is 0. The Morgan fingerprint density at radius 2 is 1.88 bits per heavy atom. The fourth-order valence-electron chi connectivity index (χ4n) is 1.94. The predicted octanol–water partition coefficient (Wildman–Crippen LogP) is 4.07. The van der Waals surface area contributed by atoms with Gasteiger partial charge in [-0.05, 0) is 18.3 Å². The number of nitro groups is 1. The lowest BCUT2D eigenvalue weighted by Crippen LogP contribution is -2.19. The van der Waals surface area contributed by atoms with Crippen LogP contribution in [0.5, 0.6) is 11.5 Å². The number of hydrogen-bond donors (Lipinski definition) is 2. The van der Waals surface area contributed by atoms with E-state index in [2.05, 4.69) is 10.6 Å². The number of hydrogen-bond acceptors (Lipinski definition) is 5. The Bertz CT molecular complexity index is 785. The predicted molar refractivity (Wildman–Crippen MR) is 97.5 cm³/mol. The number of thiocarbonyl (C=S) groups is 1. The van der Waals surface area contributed by atoms with Gasteiger partial charge in [-0.3, -0.25) is 10.1 Å². The van der Waals surface area contributed by atoms with E-state index in [9.17, 15) is 10.1 Å². The van der Waals surface area contributed by atoms with Crippen molar-refractivity contribution in [1.82, 2.24) is 0 Å². The van der Waals surface area contributed by atoms with Crippen molar-refractivity contribution in [3.05, 3.63) is 51.5 Å². The van der Waals surface area contributed by atoms with Crippen LogP contribution in [0, 0.1) is 10.1 Å². The van der Waals surface area contributed by atoms with E-state index < -0.39 is 4.92 Å². The number of benzene rings is 2. The van der Waals surface area contributed by atoms with E-state index >= 15 is 0 Å². The molecule has 0 unspecified atom stereocenters. The van der Waals surface area contributed by atoms with Crippen molar-refractivity contribution < 1.29 is 14.4 Å². The van der Waals surface area contributed by atoms with Crippen LogP contribution in [0.15, 0.2) is 36.4 Å². The van der Waals surface area contributed by atoms with Crippen LogP contribution in [0.25, 0.3) is 0 Å². The van der Waals surface area contributed by atoms with Gasteiger partial charge in [0.25, 0.3) is 5.69 Å². The van der Waals surface area contributed by atoms with Gasteiger partial charge in [-0.2, -0.15) is 0 Å². The van der Waals surface area contributed by atoms with Gasteiger partial charge >= 0.3 is 0 Å². The summed E-state index contributed by atoms with van der Waals surface area (Å²) in [5.74, 6) is 0.933. The maximum atomic E-state index is 10.8. The quantitative estimate of drug-likeness (QED) is 0.468. The molecule has 0 bridgehead atoms. The van der Waals surface area contributed by atoms with Gasteiger partial charge in [-0.1, -0.05) is 17.7 Å². The molecule has 2 aromatic rings. The van der Waals surface area contributed by atoms with Crippen molar-refractivity contribution >= 4 is 46.0 Å². The third-order valence-corrected chi connectivity index (χ3v) is 3.54. The Kier molecular flexibility index (Phi) is 5.78. The summed E-state index contributed by atoms with van der Waals surface area (Å²) < 4.78 is 10.4. The molecule has 0 saturated carbocycles. The molecule has 0 atom stereocenters. The molecular weight excluding hydrogens is 354 g/mol. The van der Waals surface area contributed by atoms with Crippen LogP contribution < -0.4 is 20.1 Å². The average molecular weight is 368 g/mol. The van der Waals surface area contributed by atoms with Gasteiger partial charge in [0, 0.05) is 30.0 Å². The minimum atomic E-state index is -0.477. The third kappa shape index (κ3) is 4.24.